The monoisotopic (exact) mass is 298 g/mol. The lowest BCUT2D eigenvalue weighted by Crippen LogP contribution is -2.18. The lowest BCUT2D eigenvalue weighted by atomic mass is 10.1. The minimum atomic E-state index is -0.0141. The van der Waals surface area contributed by atoms with Gasteiger partial charge in [0.25, 0.3) is 0 Å². The summed E-state index contributed by atoms with van der Waals surface area (Å²) in [4.78, 5) is 1.63. The lowest BCUT2D eigenvalue weighted by Gasteiger charge is -2.13. The van der Waals surface area contributed by atoms with Crippen molar-refractivity contribution in [3.63, 3.8) is 0 Å². The molecule has 0 radical (unpaired) electrons. The van der Waals surface area contributed by atoms with Crippen LogP contribution >= 0.6 is 11.6 Å². The molecule has 0 bridgehead atoms. The van der Waals surface area contributed by atoms with Gasteiger partial charge >= 0.3 is 0 Å². The molecule has 106 valence electrons. The van der Waals surface area contributed by atoms with Crippen LogP contribution in [0.3, 0.4) is 0 Å². The second-order valence-corrected chi connectivity index (χ2v) is 5.10. The van der Waals surface area contributed by atoms with Gasteiger partial charge in [0, 0.05) is 5.02 Å². The molecule has 1 N–H and O–H groups in total. The van der Waals surface area contributed by atoms with Gasteiger partial charge in [-0.05, 0) is 36.9 Å². The third kappa shape index (κ3) is 2.96. The zero-order valence-corrected chi connectivity index (χ0v) is 12.3. The maximum Gasteiger partial charge on any atom is 0.105 e. The van der Waals surface area contributed by atoms with Crippen molar-refractivity contribution in [3.8, 4) is 5.69 Å². The second kappa shape index (κ2) is 6.08. The number of hydrogen-bond donors (Lipinski definition) is 1. The van der Waals surface area contributed by atoms with Gasteiger partial charge in [0.2, 0.25) is 0 Å². The van der Waals surface area contributed by atoms with Crippen LogP contribution < -0.4 is 5.32 Å². The van der Waals surface area contributed by atoms with E-state index in [1.54, 1.807) is 11.0 Å². The van der Waals surface area contributed by atoms with E-state index in [1.165, 1.54) is 0 Å². The average Bonchev–Trinajstić information content (AvgIpc) is 3.00. The first-order valence-electron chi connectivity index (χ1n) is 6.68. The Morgan fingerprint density at radius 1 is 1.05 bits per heavy atom. The molecule has 21 heavy (non-hydrogen) atoms. The van der Waals surface area contributed by atoms with Gasteiger partial charge in [-0.15, -0.1) is 0 Å². The molecule has 5 heteroatoms. The summed E-state index contributed by atoms with van der Waals surface area (Å²) < 4.78 is 0. The first-order valence-corrected chi connectivity index (χ1v) is 7.06. The molecule has 0 aliphatic rings. The Hall–Kier alpha value is -2.17. The molecule has 0 spiro atoms. The Morgan fingerprint density at radius 2 is 1.76 bits per heavy atom. The van der Waals surface area contributed by atoms with E-state index < -0.39 is 0 Å². The second-order valence-electron chi connectivity index (χ2n) is 4.67. The maximum absolute atomic E-state index is 5.94. The Bertz CT molecular complexity index is 707. The minimum Gasteiger partial charge on any atom is -0.308 e. The van der Waals surface area contributed by atoms with Crippen LogP contribution in [0.4, 0.5) is 0 Å². The number of aromatic nitrogens is 3. The molecular formula is C16H15ClN4. The largest absolute Gasteiger partial charge is 0.308 e. The van der Waals surface area contributed by atoms with E-state index in [-0.39, 0.29) is 6.04 Å². The van der Waals surface area contributed by atoms with Crippen LogP contribution in [-0.4, -0.2) is 22.0 Å². The third-order valence-corrected chi connectivity index (χ3v) is 3.54. The van der Waals surface area contributed by atoms with Gasteiger partial charge in [0.05, 0.1) is 17.9 Å². The van der Waals surface area contributed by atoms with E-state index in [2.05, 4.69) is 15.5 Å². The number of nitrogens with zero attached hydrogens (tertiary/aromatic N) is 3. The van der Waals surface area contributed by atoms with E-state index in [1.807, 2.05) is 61.6 Å². The molecule has 0 saturated carbocycles. The van der Waals surface area contributed by atoms with Crippen LogP contribution in [0.15, 0.2) is 60.8 Å². The van der Waals surface area contributed by atoms with Crippen molar-refractivity contribution in [1.82, 2.24) is 20.3 Å². The Morgan fingerprint density at radius 3 is 2.43 bits per heavy atom. The molecule has 0 amide bonds. The molecule has 1 atom stereocenters. The summed E-state index contributed by atoms with van der Waals surface area (Å²) in [6.45, 7) is 0. The number of halogens is 1. The standard InChI is InChI=1S/C16H15ClN4/c1-18-16(12-7-9-13(17)10-8-12)15-11-19-21(20-15)14-5-3-2-4-6-14/h2-11,16,18H,1H3. The fourth-order valence-electron chi connectivity index (χ4n) is 2.23. The fourth-order valence-corrected chi connectivity index (χ4v) is 2.36. The third-order valence-electron chi connectivity index (χ3n) is 3.28. The number of hydrogen-bond acceptors (Lipinski definition) is 3. The van der Waals surface area contributed by atoms with Gasteiger partial charge in [0.1, 0.15) is 5.69 Å². The molecule has 1 aromatic heterocycles. The first-order chi connectivity index (χ1) is 10.3. The van der Waals surface area contributed by atoms with Crippen LogP contribution in [-0.2, 0) is 0 Å². The van der Waals surface area contributed by atoms with E-state index in [4.69, 9.17) is 11.6 Å². The van der Waals surface area contributed by atoms with Crippen molar-refractivity contribution in [1.29, 1.82) is 0 Å². The topological polar surface area (TPSA) is 42.7 Å². The van der Waals surface area contributed by atoms with Crippen molar-refractivity contribution in [2.24, 2.45) is 0 Å². The Balaban J connectivity index is 1.92. The molecule has 2 aromatic carbocycles. The van der Waals surface area contributed by atoms with Crippen molar-refractivity contribution in [2.45, 2.75) is 6.04 Å². The molecule has 0 aliphatic carbocycles. The number of rotatable bonds is 4. The zero-order valence-electron chi connectivity index (χ0n) is 11.6. The molecule has 4 nitrogen and oxygen atoms in total. The number of para-hydroxylation sites is 1. The van der Waals surface area contributed by atoms with E-state index in [0.717, 1.165) is 22.0 Å². The highest BCUT2D eigenvalue weighted by Gasteiger charge is 2.16. The molecule has 0 saturated heterocycles. The van der Waals surface area contributed by atoms with Crippen LogP contribution in [0.1, 0.15) is 17.3 Å². The summed E-state index contributed by atoms with van der Waals surface area (Å²) in [5, 5.41) is 12.9. The highest BCUT2D eigenvalue weighted by Crippen LogP contribution is 2.21. The van der Waals surface area contributed by atoms with Gasteiger partial charge in [-0.2, -0.15) is 15.0 Å². The zero-order chi connectivity index (χ0) is 14.7. The Labute approximate surface area is 128 Å². The summed E-state index contributed by atoms with van der Waals surface area (Å²) in [6.07, 6.45) is 1.78. The lowest BCUT2D eigenvalue weighted by molar-refractivity contribution is 0.649. The normalized spacial score (nSPS) is 12.3. The quantitative estimate of drug-likeness (QED) is 0.804. The van der Waals surface area contributed by atoms with E-state index in [0.29, 0.717) is 0 Å². The molecule has 3 rings (SSSR count). The molecule has 3 aromatic rings. The molecule has 1 heterocycles. The van der Waals surface area contributed by atoms with E-state index in [9.17, 15) is 0 Å². The summed E-state index contributed by atoms with van der Waals surface area (Å²) in [6, 6.07) is 17.6. The smallest absolute Gasteiger partial charge is 0.105 e. The molecule has 0 fully saturated rings. The minimum absolute atomic E-state index is 0.0141. The first kappa shape index (κ1) is 13.8. The fraction of sp³-hybridized carbons (Fsp3) is 0.125. The SMILES string of the molecule is CNC(c1ccc(Cl)cc1)c1cnn(-c2ccccc2)n1. The van der Waals surface area contributed by atoms with Crippen molar-refractivity contribution < 1.29 is 0 Å². The van der Waals surface area contributed by atoms with Gasteiger partial charge in [-0.3, -0.25) is 0 Å². The summed E-state index contributed by atoms with van der Waals surface area (Å²) in [5.41, 5.74) is 2.90. The van der Waals surface area contributed by atoms with Gasteiger partial charge in [0.15, 0.2) is 0 Å². The highest BCUT2D eigenvalue weighted by molar-refractivity contribution is 6.30. The summed E-state index contributed by atoms with van der Waals surface area (Å²) in [5.74, 6) is 0. The van der Waals surface area contributed by atoms with Crippen molar-refractivity contribution >= 4 is 11.6 Å². The highest BCUT2D eigenvalue weighted by atomic mass is 35.5. The molecule has 0 aliphatic heterocycles. The summed E-state index contributed by atoms with van der Waals surface area (Å²) in [7, 11) is 1.90. The Kier molecular flexibility index (Phi) is 3.99. The van der Waals surface area contributed by atoms with Gasteiger partial charge in [-0.25, -0.2) is 0 Å². The van der Waals surface area contributed by atoms with Gasteiger partial charge in [-0.1, -0.05) is 41.9 Å². The van der Waals surface area contributed by atoms with Crippen LogP contribution in [0, 0.1) is 0 Å². The van der Waals surface area contributed by atoms with Crippen LogP contribution in [0.25, 0.3) is 5.69 Å². The van der Waals surface area contributed by atoms with Crippen molar-refractivity contribution in [2.75, 3.05) is 7.05 Å². The number of benzene rings is 2. The van der Waals surface area contributed by atoms with Gasteiger partial charge < -0.3 is 5.32 Å². The average molecular weight is 299 g/mol. The maximum atomic E-state index is 5.94. The predicted molar refractivity (Wildman–Crippen MR) is 83.7 cm³/mol. The number of nitrogens with one attached hydrogen (secondary N) is 1. The predicted octanol–water partition coefficient (Wildman–Crippen LogP) is 3.23. The molecule has 1 unspecified atom stereocenters. The van der Waals surface area contributed by atoms with E-state index >= 15 is 0 Å². The summed E-state index contributed by atoms with van der Waals surface area (Å²) >= 11 is 5.94. The molecular weight excluding hydrogens is 284 g/mol. The van der Waals surface area contributed by atoms with Crippen LogP contribution in [0.5, 0.6) is 0 Å². The van der Waals surface area contributed by atoms with Crippen LogP contribution in [0.2, 0.25) is 5.02 Å². The van der Waals surface area contributed by atoms with Crippen molar-refractivity contribution in [3.05, 3.63) is 77.1 Å².